The molecular formula is C12H18ClFN2O2S. The fraction of sp³-hybridized carbons (Fsp3) is 0.500. The molecule has 0 aliphatic carbocycles. The summed E-state index contributed by atoms with van der Waals surface area (Å²) >= 11 is 0. The summed E-state index contributed by atoms with van der Waals surface area (Å²) in [6.07, 6.45) is 1.46. The Labute approximate surface area is 119 Å². The number of sulfonamides is 1. The third kappa shape index (κ3) is 3.89. The summed E-state index contributed by atoms with van der Waals surface area (Å²) in [7, 11) is -3.77. The van der Waals surface area contributed by atoms with E-state index in [4.69, 9.17) is 0 Å². The Balaban J connectivity index is 0.00000180. The van der Waals surface area contributed by atoms with Crippen LogP contribution >= 0.6 is 12.4 Å². The Morgan fingerprint density at radius 2 is 1.95 bits per heavy atom. The number of halogens is 2. The van der Waals surface area contributed by atoms with Gasteiger partial charge in [-0.3, -0.25) is 0 Å². The van der Waals surface area contributed by atoms with Crippen LogP contribution in [0.4, 0.5) is 4.39 Å². The molecule has 0 amide bonds. The third-order valence-electron chi connectivity index (χ3n) is 3.09. The Morgan fingerprint density at radius 1 is 1.32 bits per heavy atom. The Morgan fingerprint density at radius 3 is 2.53 bits per heavy atom. The monoisotopic (exact) mass is 308 g/mol. The molecule has 7 heteroatoms. The first-order valence-electron chi connectivity index (χ1n) is 5.99. The predicted molar refractivity (Wildman–Crippen MR) is 74.6 cm³/mol. The van der Waals surface area contributed by atoms with Gasteiger partial charge in [0.2, 0.25) is 10.0 Å². The van der Waals surface area contributed by atoms with Crippen LogP contribution in [0.2, 0.25) is 0 Å². The van der Waals surface area contributed by atoms with Crippen molar-refractivity contribution < 1.29 is 12.8 Å². The molecule has 0 atom stereocenters. The molecular weight excluding hydrogens is 291 g/mol. The van der Waals surface area contributed by atoms with Crippen molar-refractivity contribution in [2.24, 2.45) is 0 Å². The van der Waals surface area contributed by atoms with E-state index in [9.17, 15) is 12.8 Å². The van der Waals surface area contributed by atoms with E-state index in [0.717, 1.165) is 25.9 Å². The number of aryl methyl sites for hydroxylation is 1. The lowest BCUT2D eigenvalue weighted by Crippen LogP contribution is -2.43. The average molecular weight is 309 g/mol. The lowest BCUT2D eigenvalue weighted by atomic mass is 10.1. The molecule has 19 heavy (non-hydrogen) atoms. The molecule has 0 radical (unpaired) electrons. The molecule has 1 fully saturated rings. The van der Waals surface area contributed by atoms with E-state index in [1.807, 2.05) is 0 Å². The molecule has 0 bridgehead atoms. The van der Waals surface area contributed by atoms with Crippen LogP contribution in [0.3, 0.4) is 0 Å². The minimum atomic E-state index is -3.77. The minimum Gasteiger partial charge on any atom is -0.317 e. The van der Waals surface area contributed by atoms with E-state index in [0.29, 0.717) is 5.56 Å². The molecule has 1 aliphatic heterocycles. The van der Waals surface area contributed by atoms with E-state index in [1.165, 1.54) is 12.1 Å². The van der Waals surface area contributed by atoms with Gasteiger partial charge in [0.1, 0.15) is 10.7 Å². The van der Waals surface area contributed by atoms with Crippen LogP contribution in [0.1, 0.15) is 18.4 Å². The topological polar surface area (TPSA) is 58.2 Å². The molecule has 2 rings (SSSR count). The Bertz CT molecular complexity index is 510. The fourth-order valence-corrected chi connectivity index (χ4v) is 3.78. The summed E-state index contributed by atoms with van der Waals surface area (Å²) < 4.78 is 40.6. The van der Waals surface area contributed by atoms with Crippen molar-refractivity contribution in [1.82, 2.24) is 10.0 Å². The summed E-state index contributed by atoms with van der Waals surface area (Å²) in [4.78, 5) is -0.233. The quantitative estimate of drug-likeness (QED) is 0.891. The van der Waals surface area contributed by atoms with Gasteiger partial charge in [0.15, 0.2) is 0 Å². The van der Waals surface area contributed by atoms with Crippen molar-refractivity contribution in [1.29, 1.82) is 0 Å². The minimum absolute atomic E-state index is 0. The van der Waals surface area contributed by atoms with Crippen LogP contribution < -0.4 is 10.0 Å². The highest BCUT2D eigenvalue weighted by molar-refractivity contribution is 7.89. The van der Waals surface area contributed by atoms with Gasteiger partial charge in [0, 0.05) is 6.04 Å². The zero-order chi connectivity index (χ0) is 13.2. The molecule has 0 spiro atoms. The van der Waals surface area contributed by atoms with Gasteiger partial charge in [0.05, 0.1) is 0 Å². The van der Waals surface area contributed by atoms with Crippen molar-refractivity contribution in [2.75, 3.05) is 13.1 Å². The van der Waals surface area contributed by atoms with Crippen molar-refractivity contribution in [3.8, 4) is 0 Å². The molecule has 0 saturated carbocycles. The summed E-state index contributed by atoms with van der Waals surface area (Å²) in [5.74, 6) is -0.698. The van der Waals surface area contributed by atoms with Crippen molar-refractivity contribution in [3.05, 3.63) is 29.6 Å². The SMILES string of the molecule is Cc1cccc(F)c1S(=O)(=O)NC1CCNCC1.Cl. The van der Waals surface area contributed by atoms with Crippen LogP contribution in [0.5, 0.6) is 0 Å². The highest BCUT2D eigenvalue weighted by Crippen LogP contribution is 2.19. The molecule has 2 N–H and O–H groups in total. The van der Waals surface area contributed by atoms with Crippen LogP contribution in [-0.4, -0.2) is 27.5 Å². The number of piperidine rings is 1. The normalized spacial score (nSPS) is 16.9. The molecule has 1 aliphatic rings. The van der Waals surface area contributed by atoms with Gasteiger partial charge in [-0.1, -0.05) is 12.1 Å². The molecule has 1 aromatic carbocycles. The van der Waals surface area contributed by atoms with E-state index in [1.54, 1.807) is 13.0 Å². The molecule has 1 aromatic rings. The second-order valence-corrected chi connectivity index (χ2v) is 6.18. The Kier molecular flexibility index (Phi) is 5.73. The highest BCUT2D eigenvalue weighted by Gasteiger charge is 2.25. The summed E-state index contributed by atoms with van der Waals surface area (Å²) in [6.45, 7) is 3.16. The standard InChI is InChI=1S/C12H17FN2O2S.ClH/c1-9-3-2-4-11(13)12(9)18(16,17)15-10-5-7-14-8-6-10;/h2-4,10,14-15H,5-8H2,1H3;1H. The predicted octanol–water partition coefficient (Wildman–Crippen LogP) is 1.59. The molecule has 0 aromatic heterocycles. The van der Waals surface area contributed by atoms with Gasteiger partial charge in [-0.2, -0.15) is 0 Å². The summed E-state index contributed by atoms with van der Waals surface area (Å²) in [5.41, 5.74) is 0.427. The van der Waals surface area contributed by atoms with Crippen molar-refractivity contribution in [3.63, 3.8) is 0 Å². The fourth-order valence-electron chi connectivity index (χ4n) is 2.18. The Hall–Kier alpha value is -0.690. The number of benzene rings is 1. The molecule has 1 heterocycles. The van der Waals surface area contributed by atoms with E-state index >= 15 is 0 Å². The van der Waals surface area contributed by atoms with Gasteiger partial charge in [-0.05, 0) is 44.5 Å². The maximum Gasteiger partial charge on any atom is 0.243 e. The second-order valence-electron chi connectivity index (χ2n) is 4.53. The number of hydrogen-bond donors (Lipinski definition) is 2. The van der Waals surface area contributed by atoms with Gasteiger partial charge >= 0.3 is 0 Å². The molecule has 108 valence electrons. The maximum atomic E-state index is 13.7. The summed E-state index contributed by atoms with van der Waals surface area (Å²) in [5, 5.41) is 3.15. The van der Waals surface area contributed by atoms with Crippen LogP contribution in [0.15, 0.2) is 23.1 Å². The van der Waals surface area contributed by atoms with E-state index in [-0.39, 0.29) is 23.3 Å². The molecule has 0 unspecified atom stereocenters. The van der Waals surface area contributed by atoms with Crippen LogP contribution in [0.25, 0.3) is 0 Å². The van der Waals surface area contributed by atoms with Gasteiger partial charge in [-0.15, -0.1) is 12.4 Å². The second kappa shape index (κ2) is 6.65. The highest BCUT2D eigenvalue weighted by atomic mass is 35.5. The number of hydrogen-bond acceptors (Lipinski definition) is 3. The third-order valence-corrected chi connectivity index (χ3v) is 4.79. The zero-order valence-electron chi connectivity index (χ0n) is 10.6. The lowest BCUT2D eigenvalue weighted by Gasteiger charge is -2.24. The van der Waals surface area contributed by atoms with Gasteiger partial charge < -0.3 is 5.32 Å². The first kappa shape index (κ1) is 16.4. The first-order chi connectivity index (χ1) is 8.50. The van der Waals surface area contributed by atoms with Crippen LogP contribution in [-0.2, 0) is 10.0 Å². The molecule has 4 nitrogen and oxygen atoms in total. The first-order valence-corrected chi connectivity index (χ1v) is 7.47. The van der Waals surface area contributed by atoms with E-state index < -0.39 is 15.8 Å². The lowest BCUT2D eigenvalue weighted by molar-refractivity contribution is 0.426. The smallest absolute Gasteiger partial charge is 0.243 e. The van der Waals surface area contributed by atoms with Crippen molar-refractivity contribution >= 4 is 22.4 Å². The number of rotatable bonds is 3. The average Bonchev–Trinajstić information content (AvgIpc) is 2.28. The molecule has 1 saturated heterocycles. The number of nitrogens with one attached hydrogen (secondary N) is 2. The van der Waals surface area contributed by atoms with E-state index in [2.05, 4.69) is 10.0 Å². The van der Waals surface area contributed by atoms with Gasteiger partial charge in [0.25, 0.3) is 0 Å². The van der Waals surface area contributed by atoms with Crippen LogP contribution in [0, 0.1) is 12.7 Å². The zero-order valence-corrected chi connectivity index (χ0v) is 12.3. The van der Waals surface area contributed by atoms with Gasteiger partial charge in [-0.25, -0.2) is 17.5 Å². The largest absolute Gasteiger partial charge is 0.317 e. The summed E-state index contributed by atoms with van der Waals surface area (Å²) in [6, 6.07) is 4.16. The maximum absolute atomic E-state index is 13.7. The van der Waals surface area contributed by atoms with Crippen molar-refractivity contribution in [2.45, 2.75) is 30.7 Å².